The zero-order chi connectivity index (χ0) is 15.0. The van der Waals surface area contributed by atoms with Gasteiger partial charge in [-0.25, -0.2) is 4.98 Å². The lowest BCUT2D eigenvalue weighted by atomic mass is 10.1. The molecule has 0 saturated heterocycles. The molecule has 0 aliphatic heterocycles. The first-order valence-corrected chi connectivity index (χ1v) is 7.35. The Morgan fingerprint density at radius 3 is 2.62 bits per heavy atom. The number of nitrogens with zero attached hydrogens (tertiary/aromatic N) is 2. The van der Waals surface area contributed by atoms with E-state index in [-0.39, 0.29) is 0 Å². The number of pyridine rings is 1. The summed E-state index contributed by atoms with van der Waals surface area (Å²) in [5.41, 5.74) is 10.7. The van der Waals surface area contributed by atoms with Crippen LogP contribution in [-0.2, 0) is 6.42 Å². The lowest BCUT2D eigenvalue weighted by Gasteiger charge is -2.05. The molecule has 0 saturated carbocycles. The van der Waals surface area contributed by atoms with Gasteiger partial charge < -0.3 is 10.1 Å². The van der Waals surface area contributed by atoms with Gasteiger partial charge in [0.05, 0.1) is 16.4 Å². The molecule has 3 rings (SSSR count). The summed E-state index contributed by atoms with van der Waals surface area (Å²) in [7, 11) is 0. The van der Waals surface area contributed by atoms with Crippen LogP contribution in [0.2, 0.25) is 5.02 Å². The Hall–Kier alpha value is -1.91. The minimum Gasteiger partial charge on any atom is -0.393 e. The molecular formula is C16H14ClN3S. The lowest BCUT2D eigenvalue weighted by molar-refractivity contribution is 1.06. The number of imidazole rings is 1. The summed E-state index contributed by atoms with van der Waals surface area (Å²) in [5.74, 6) is 0. The standard InChI is InChI=1S/C16H14ClN3S/c1-10-2-7-15-19-16(11-3-5-12(17)6-4-11)13(8-14(18)21)20(15)9-10/h2-7,9H,8H2,1H3,(H2,18,21). The van der Waals surface area contributed by atoms with Crippen molar-refractivity contribution < 1.29 is 0 Å². The third-order valence-electron chi connectivity index (χ3n) is 3.32. The average molecular weight is 316 g/mol. The number of hydrogen-bond donors (Lipinski definition) is 1. The van der Waals surface area contributed by atoms with Gasteiger partial charge in [-0.3, -0.25) is 0 Å². The van der Waals surface area contributed by atoms with Crippen molar-refractivity contribution in [1.82, 2.24) is 9.38 Å². The van der Waals surface area contributed by atoms with Gasteiger partial charge in [0, 0.05) is 23.2 Å². The largest absolute Gasteiger partial charge is 0.393 e. The summed E-state index contributed by atoms with van der Waals surface area (Å²) >= 11 is 11.0. The maximum atomic E-state index is 5.96. The first-order valence-electron chi connectivity index (χ1n) is 6.56. The Morgan fingerprint density at radius 2 is 1.95 bits per heavy atom. The monoisotopic (exact) mass is 315 g/mol. The molecule has 0 fully saturated rings. The highest BCUT2D eigenvalue weighted by atomic mass is 35.5. The van der Waals surface area contributed by atoms with E-state index in [0.717, 1.165) is 28.2 Å². The van der Waals surface area contributed by atoms with Crippen molar-refractivity contribution >= 4 is 34.5 Å². The van der Waals surface area contributed by atoms with Gasteiger partial charge in [0.2, 0.25) is 0 Å². The fraction of sp³-hybridized carbons (Fsp3) is 0.125. The molecule has 0 spiro atoms. The van der Waals surface area contributed by atoms with Gasteiger partial charge in [0.1, 0.15) is 5.65 Å². The molecule has 0 aliphatic carbocycles. The molecule has 3 nitrogen and oxygen atoms in total. The van der Waals surface area contributed by atoms with Gasteiger partial charge >= 0.3 is 0 Å². The maximum absolute atomic E-state index is 5.96. The van der Waals surface area contributed by atoms with E-state index in [1.807, 2.05) is 43.3 Å². The first kappa shape index (κ1) is 14.0. The van der Waals surface area contributed by atoms with Crippen LogP contribution in [0.1, 0.15) is 11.3 Å². The fourth-order valence-electron chi connectivity index (χ4n) is 2.37. The van der Waals surface area contributed by atoms with Gasteiger partial charge in [0.25, 0.3) is 0 Å². The molecule has 0 atom stereocenters. The third-order valence-corrected chi connectivity index (χ3v) is 3.72. The second-order valence-electron chi connectivity index (χ2n) is 4.99. The van der Waals surface area contributed by atoms with Crippen molar-refractivity contribution in [2.75, 3.05) is 0 Å². The maximum Gasteiger partial charge on any atom is 0.137 e. The summed E-state index contributed by atoms with van der Waals surface area (Å²) in [6, 6.07) is 11.7. The molecule has 5 heteroatoms. The van der Waals surface area contributed by atoms with Crippen LogP contribution < -0.4 is 5.73 Å². The minimum atomic E-state index is 0.452. The molecule has 1 aromatic carbocycles. The molecule has 21 heavy (non-hydrogen) atoms. The number of fused-ring (bicyclic) bond motifs is 1. The first-order chi connectivity index (χ1) is 10.0. The Labute approximate surface area is 133 Å². The van der Waals surface area contributed by atoms with Crippen LogP contribution in [0.4, 0.5) is 0 Å². The molecule has 106 valence electrons. The van der Waals surface area contributed by atoms with Crippen LogP contribution in [0, 0.1) is 6.92 Å². The predicted octanol–water partition coefficient (Wildman–Crippen LogP) is 3.79. The molecular weight excluding hydrogens is 302 g/mol. The number of thiocarbonyl (C=S) groups is 1. The van der Waals surface area contributed by atoms with Crippen molar-refractivity contribution in [2.24, 2.45) is 5.73 Å². The van der Waals surface area contributed by atoms with Gasteiger partial charge in [-0.15, -0.1) is 0 Å². The zero-order valence-electron chi connectivity index (χ0n) is 11.5. The van der Waals surface area contributed by atoms with Crippen LogP contribution in [0.15, 0.2) is 42.6 Å². The summed E-state index contributed by atoms with van der Waals surface area (Å²) in [6.45, 7) is 2.05. The predicted molar refractivity (Wildman–Crippen MR) is 90.9 cm³/mol. The van der Waals surface area contributed by atoms with Gasteiger partial charge in [-0.1, -0.05) is 42.0 Å². The Morgan fingerprint density at radius 1 is 1.24 bits per heavy atom. The second-order valence-corrected chi connectivity index (χ2v) is 5.95. The second kappa shape index (κ2) is 5.47. The highest BCUT2D eigenvalue weighted by Crippen LogP contribution is 2.26. The highest BCUT2D eigenvalue weighted by Gasteiger charge is 2.14. The molecule has 0 aliphatic rings. The zero-order valence-corrected chi connectivity index (χ0v) is 13.1. The van der Waals surface area contributed by atoms with Crippen molar-refractivity contribution in [2.45, 2.75) is 13.3 Å². The van der Waals surface area contributed by atoms with Crippen LogP contribution in [0.25, 0.3) is 16.9 Å². The number of benzene rings is 1. The summed E-state index contributed by atoms with van der Waals surface area (Å²) in [4.78, 5) is 5.16. The number of rotatable bonds is 3. The minimum absolute atomic E-state index is 0.452. The molecule has 0 amide bonds. The van der Waals surface area contributed by atoms with Gasteiger partial charge in [-0.2, -0.15) is 0 Å². The highest BCUT2D eigenvalue weighted by molar-refractivity contribution is 7.80. The van der Waals surface area contributed by atoms with E-state index in [4.69, 9.17) is 34.5 Å². The molecule has 0 radical (unpaired) electrons. The van der Waals surface area contributed by atoms with E-state index in [0.29, 0.717) is 16.4 Å². The van der Waals surface area contributed by atoms with Crippen molar-refractivity contribution in [3.05, 3.63) is 58.9 Å². The number of nitrogens with two attached hydrogens (primary N) is 1. The summed E-state index contributed by atoms with van der Waals surface area (Å²) in [6.07, 6.45) is 2.56. The normalized spacial score (nSPS) is 11.0. The third kappa shape index (κ3) is 2.77. The molecule has 2 aromatic heterocycles. The van der Waals surface area contributed by atoms with Crippen molar-refractivity contribution in [3.8, 4) is 11.3 Å². The molecule has 3 aromatic rings. The van der Waals surface area contributed by atoms with Crippen LogP contribution in [0.3, 0.4) is 0 Å². The Balaban J connectivity index is 2.25. The topological polar surface area (TPSA) is 43.3 Å². The molecule has 2 N–H and O–H groups in total. The van der Waals surface area contributed by atoms with Gasteiger partial charge in [0.15, 0.2) is 0 Å². The SMILES string of the molecule is Cc1ccc2nc(-c3ccc(Cl)cc3)c(CC(N)=S)n2c1. The summed E-state index contributed by atoms with van der Waals surface area (Å²) < 4.78 is 2.05. The van der Waals surface area contributed by atoms with E-state index in [2.05, 4.69) is 10.6 Å². The van der Waals surface area contributed by atoms with Crippen LogP contribution in [0.5, 0.6) is 0 Å². The number of hydrogen-bond acceptors (Lipinski definition) is 2. The molecule has 0 bridgehead atoms. The fourth-order valence-corrected chi connectivity index (χ4v) is 2.64. The average Bonchev–Trinajstić information content (AvgIpc) is 2.77. The van der Waals surface area contributed by atoms with E-state index in [9.17, 15) is 0 Å². The number of aryl methyl sites for hydroxylation is 1. The van der Waals surface area contributed by atoms with E-state index < -0.39 is 0 Å². The van der Waals surface area contributed by atoms with E-state index in [1.54, 1.807) is 0 Å². The van der Waals surface area contributed by atoms with Crippen molar-refractivity contribution in [3.63, 3.8) is 0 Å². The van der Waals surface area contributed by atoms with Crippen LogP contribution >= 0.6 is 23.8 Å². The van der Waals surface area contributed by atoms with E-state index >= 15 is 0 Å². The molecule has 2 heterocycles. The summed E-state index contributed by atoms with van der Waals surface area (Å²) in [5, 5.41) is 0.703. The van der Waals surface area contributed by atoms with E-state index in [1.165, 1.54) is 0 Å². The number of aromatic nitrogens is 2. The Bertz CT molecular complexity index is 821. The lowest BCUT2D eigenvalue weighted by Crippen LogP contribution is -2.13. The van der Waals surface area contributed by atoms with Crippen molar-refractivity contribution in [1.29, 1.82) is 0 Å². The van der Waals surface area contributed by atoms with Crippen LogP contribution in [-0.4, -0.2) is 14.4 Å². The quantitative estimate of drug-likeness (QED) is 0.748. The van der Waals surface area contributed by atoms with Gasteiger partial charge in [-0.05, 0) is 30.7 Å². The molecule has 0 unspecified atom stereocenters. The number of halogens is 1. The Kier molecular flexibility index (Phi) is 3.66. The smallest absolute Gasteiger partial charge is 0.137 e.